The van der Waals surface area contributed by atoms with Crippen LogP contribution in [0.4, 0.5) is 0 Å². The molecule has 96 valence electrons. The number of ether oxygens (including phenoxy) is 2. The molecule has 19 heavy (non-hydrogen) atoms. The Hall–Kier alpha value is -2.47. The molecule has 0 heterocycles. The van der Waals surface area contributed by atoms with E-state index in [4.69, 9.17) is 9.47 Å². The third-order valence-corrected chi connectivity index (χ3v) is 3.03. The van der Waals surface area contributed by atoms with Crippen LogP contribution >= 0.6 is 0 Å². The second-order valence-corrected chi connectivity index (χ2v) is 4.05. The van der Waals surface area contributed by atoms with Crippen LogP contribution in [0.3, 0.4) is 0 Å². The molecule has 0 aliphatic carbocycles. The molecular weight excluding hydrogens is 238 g/mol. The standard InChI is InChI=1S/C16H15NO2/c1-18-15-9-5-3-7-12(15)14(11-17)13-8-4-6-10-16(13)19-2/h3-10,14H,1-2H3. The molecule has 3 heteroatoms. The van der Waals surface area contributed by atoms with Crippen molar-refractivity contribution in [3.05, 3.63) is 59.7 Å². The second-order valence-electron chi connectivity index (χ2n) is 4.05. The topological polar surface area (TPSA) is 42.2 Å². The van der Waals surface area contributed by atoms with Gasteiger partial charge in [0.25, 0.3) is 0 Å². The molecule has 0 saturated heterocycles. The van der Waals surface area contributed by atoms with Crippen LogP contribution in [0.5, 0.6) is 11.5 Å². The van der Waals surface area contributed by atoms with Crippen LogP contribution in [0.1, 0.15) is 17.0 Å². The number of hydrogen-bond acceptors (Lipinski definition) is 3. The molecule has 0 spiro atoms. The van der Waals surface area contributed by atoms with Crippen LogP contribution in [-0.4, -0.2) is 14.2 Å². The second kappa shape index (κ2) is 5.92. The third-order valence-electron chi connectivity index (χ3n) is 3.03. The van der Waals surface area contributed by atoms with Gasteiger partial charge in [-0.2, -0.15) is 5.26 Å². The van der Waals surface area contributed by atoms with E-state index in [-0.39, 0.29) is 0 Å². The van der Waals surface area contributed by atoms with E-state index < -0.39 is 5.92 Å². The van der Waals surface area contributed by atoms with Gasteiger partial charge in [0.05, 0.1) is 20.3 Å². The van der Waals surface area contributed by atoms with Crippen molar-refractivity contribution < 1.29 is 9.47 Å². The van der Waals surface area contributed by atoms with Crippen LogP contribution in [0.15, 0.2) is 48.5 Å². The first-order valence-electron chi connectivity index (χ1n) is 5.97. The van der Waals surface area contributed by atoms with Gasteiger partial charge in [-0.25, -0.2) is 0 Å². The number of para-hydroxylation sites is 2. The minimum Gasteiger partial charge on any atom is -0.496 e. The summed E-state index contributed by atoms with van der Waals surface area (Å²) in [5.41, 5.74) is 1.69. The van der Waals surface area contributed by atoms with Crippen LogP contribution in [0.2, 0.25) is 0 Å². The zero-order chi connectivity index (χ0) is 13.7. The maximum absolute atomic E-state index is 9.51. The van der Waals surface area contributed by atoms with Crippen LogP contribution in [0.25, 0.3) is 0 Å². The van der Waals surface area contributed by atoms with E-state index in [0.29, 0.717) is 11.5 Å². The Morgan fingerprint density at radius 2 is 1.26 bits per heavy atom. The minimum atomic E-state index is -0.410. The summed E-state index contributed by atoms with van der Waals surface area (Å²) in [7, 11) is 3.21. The number of nitriles is 1. The van der Waals surface area contributed by atoms with E-state index in [0.717, 1.165) is 11.1 Å². The average molecular weight is 253 g/mol. The summed E-state index contributed by atoms with van der Waals surface area (Å²) in [5, 5.41) is 9.51. The summed E-state index contributed by atoms with van der Waals surface area (Å²) >= 11 is 0. The van der Waals surface area contributed by atoms with Crippen molar-refractivity contribution in [2.24, 2.45) is 0 Å². The molecule has 0 fully saturated rings. The molecule has 0 atom stereocenters. The molecule has 0 aliphatic heterocycles. The van der Waals surface area contributed by atoms with E-state index >= 15 is 0 Å². The molecule has 0 aliphatic rings. The number of rotatable bonds is 4. The van der Waals surface area contributed by atoms with Crippen molar-refractivity contribution >= 4 is 0 Å². The molecule has 3 nitrogen and oxygen atoms in total. The van der Waals surface area contributed by atoms with Crippen molar-refractivity contribution in [1.82, 2.24) is 0 Å². The van der Waals surface area contributed by atoms with E-state index in [1.165, 1.54) is 0 Å². The normalized spacial score (nSPS) is 10.0. The third kappa shape index (κ3) is 2.53. The molecule has 0 bridgehead atoms. The lowest BCUT2D eigenvalue weighted by atomic mass is 9.91. The Morgan fingerprint density at radius 3 is 1.63 bits per heavy atom. The predicted molar refractivity (Wildman–Crippen MR) is 73.4 cm³/mol. The first kappa shape index (κ1) is 13.0. The van der Waals surface area contributed by atoms with Gasteiger partial charge in [0, 0.05) is 11.1 Å². The maximum atomic E-state index is 9.51. The molecule has 2 rings (SSSR count). The highest BCUT2D eigenvalue weighted by Crippen LogP contribution is 2.35. The Labute approximate surface area is 113 Å². The zero-order valence-electron chi connectivity index (χ0n) is 11.0. The number of hydrogen-bond donors (Lipinski definition) is 0. The van der Waals surface area contributed by atoms with Gasteiger partial charge in [0.1, 0.15) is 17.4 Å². The molecular formula is C16H15NO2. The van der Waals surface area contributed by atoms with Gasteiger partial charge in [-0.3, -0.25) is 0 Å². The van der Waals surface area contributed by atoms with Crippen LogP contribution in [-0.2, 0) is 0 Å². The lowest BCUT2D eigenvalue weighted by molar-refractivity contribution is 0.403. The summed E-state index contributed by atoms with van der Waals surface area (Å²) < 4.78 is 10.7. The molecule has 0 unspecified atom stereocenters. The highest BCUT2D eigenvalue weighted by atomic mass is 16.5. The summed E-state index contributed by atoms with van der Waals surface area (Å²) in [6, 6.07) is 17.4. The lowest BCUT2D eigenvalue weighted by Gasteiger charge is -2.16. The first-order chi connectivity index (χ1) is 9.31. The fraction of sp³-hybridized carbons (Fsp3) is 0.188. The molecule has 0 saturated carbocycles. The largest absolute Gasteiger partial charge is 0.496 e. The molecule has 0 N–H and O–H groups in total. The number of nitrogens with zero attached hydrogens (tertiary/aromatic N) is 1. The van der Waals surface area contributed by atoms with Gasteiger partial charge in [-0.05, 0) is 12.1 Å². The smallest absolute Gasteiger partial charge is 0.123 e. The summed E-state index contributed by atoms with van der Waals surface area (Å²) in [4.78, 5) is 0. The van der Waals surface area contributed by atoms with Gasteiger partial charge < -0.3 is 9.47 Å². The van der Waals surface area contributed by atoms with Crippen molar-refractivity contribution in [1.29, 1.82) is 5.26 Å². The molecule has 0 radical (unpaired) electrons. The van der Waals surface area contributed by atoms with Gasteiger partial charge in [-0.1, -0.05) is 36.4 Å². The van der Waals surface area contributed by atoms with Gasteiger partial charge >= 0.3 is 0 Å². The van der Waals surface area contributed by atoms with Crippen molar-refractivity contribution in [3.63, 3.8) is 0 Å². The summed E-state index contributed by atoms with van der Waals surface area (Å²) in [6.07, 6.45) is 0. The molecule has 0 aromatic heterocycles. The van der Waals surface area contributed by atoms with E-state index in [9.17, 15) is 5.26 Å². The Morgan fingerprint density at radius 1 is 0.842 bits per heavy atom. The van der Waals surface area contributed by atoms with Crippen molar-refractivity contribution in [2.75, 3.05) is 14.2 Å². The van der Waals surface area contributed by atoms with Gasteiger partial charge in [0.2, 0.25) is 0 Å². The molecule has 0 amide bonds. The SMILES string of the molecule is COc1ccccc1C(C#N)c1ccccc1OC. The van der Waals surface area contributed by atoms with E-state index in [1.807, 2.05) is 48.5 Å². The fourth-order valence-corrected chi connectivity index (χ4v) is 2.12. The Kier molecular flexibility index (Phi) is 4.04. The Balaban J connectivity index is 2.54. The molecule has 2 aromatic carbocycles. The van der Waals surface area contributed by atoms with E-state index in [1.54, 1.807) is 14.2 Å². The van der Waals surface area contributed by atoms with E-state index in [2.05, 4.69) is 6.07 Å². The fourth-order valence-electron chi connectivity index (χ4n) is 2.12. The van der Waals surface area contributed by atoms with Crippen LogP contribution < -0.4 is 9.47 Å². The quantitative estimate of drug-likeness (QED) is 0.839. The first-order valence-corrected chi connectivity index (χ1v) is 5.97. The van der Waals surface area contributed by atoms with Crippen LogP contribution in [0, 0.1) is 11.3 Å². The predicted octanol–water partition coefficient (Wildman–Crippen LogP) is 3.36. The lowest BCUT2D eigenvalue weighted by Crippen LogP contribution is -2.03. The highest BCUT2D eigenvalue weighted by Gasteiger charge is 2.20. The summed E-state index contributed by atoms with van der Waals surface area (Å²) in [5.74, 6) is 1.01. The average Bonchev–Trinajstić information content (AvgIpc) is 2.49. The number of benzene rings is 2. The van der Waals surface area contributed by atoms with Gasteiger partial charge in [-0.15, -0.1) is 0 Å². The molecule has 2 aromatic rings. The highest BCUT2D eigenvalue weighted by molar-refractivity contribution is 5.50. The van der Waals surface area contributed by atoms with Crippen molar-refractivity contribution in [2.45, 2.75) is 5.92 Å². The monoisotopic (exact) mass is 253 g/mol. The summed E-state index contributed by atoms with van der Waals surface area (Å²) in [6.45, 7) is 0. The maximum Gasteiger partial charge on any atom is 0.123 e. The van der Waals surface area contributed by atoms with Crippen molar-refractivity contribution in [3.8, 4) is 17.6 Å². The Bertz CT molecular complexity index is 554. The number of methoxy groups -OCH3 is 2. The minimum absolute atomic E-state index is 0.410. The zero-order valence-corrected chi connectivity index (χ0v) is 11.0. The van der Waals surface area contributed by atoms with Gasteiger partial charge in [0.15, 0.2) is 0 Å².